The summed E-state index contributed by atoms with van der Waals surface area (Å²) in [6, 6.07) is 4.53. The van der Waals surface area contributed by atoms with E-state index in [1.165, 1.54) is 12.3 Å². The number of nitrogens with two attached hydrogens (primary N) is 1. The van der Waals surface area contributed by atoms with E-state index in [4.69, 9.17) is 12.6 Å². The van der Waals surface area contributed by atoms with Gasteiger partial charge in [-0.1, -0.05) is 6.07 Å². The van der Waals surface area contributed by atoms with Crippen LogP contribution in [0.5, 0.6) is 0 Å². The van der Waals surface area contributed by atoms with Gasteiger partial charge in [0.2, 0.25) is 0 Å². The van der Waals surface area contributed by atoms with E-state index in [1.54, 1.807) is 12.1 Å². The molecule has 0 radical (unpaired) electrons. The lowest BCUT2D eigenvalue weighted by Crippen LogP contribution is -2.24. The zero-order chi connectivity index (χ0) is 14.0. The molecule has 1 unspecified atom stereocenters. The Morgan fingerprint density at radius 2 is 2.77 bits per heavy atom. The van der Waals surface area contributed by atoms with Crippen LogP contribution in [0.4, 0.5) is 0 Å². The first-order chi connectivity index (χ1) is 8.15. The van der Waals surface area contributed by atoms with Crippen molar-refractivity contribution in [3.63, 3.8) is 0 Å². The van der Waals surface area contributed by atoms with Crippen LogP contribution in [0.1, 0.15) is 25.5 Å². The summed E-state index contributed by atoms with van der Waals surface area (Å²) in [6.45, 7) is -6.03. The maximum atomic E-state index is 11.2. The molecule has 1 rings (SSSR count). The van der Waals surface area contributed by atoms with E-state index in [2.05, 4.69) is 9.72 Å². The Balaban J connectivity index is 3.00. The minimum Gasteiger partial charge on any atom is -0.367 e. The van der Waals surface area contributed by atoms with Gasteiger partial charge in [-0.25, -0.2) is 0 Å². The van der Waals surface area contributed by atoms with Crippen LogP contribution in [-0.4, -0.2) is 17.5 Å². The first-order valence-corrected chi connectivity index (χ1v) is 3.53. The Bertz CT molecular complexity index is 421. The number of hydrogen-bond donors (Lipinski definition) is 1. The van der Waals surface area contributed by atoms with Gasteiger partial charge in [0.15, 0.2) is 6.10 Å². The number of aromatic nitrogens is 1. The zero-order valence-corrected chi connectivity index (χ0v) is 6.73. The molecule has 0 fully saturated rings. The third-order valence-corrected chi connectivity index (χ3v) is 1.39. The van der Waals surface area contributed by atoms with E-state index < -0.39 is 25.4 Å². The van der Waals surface area contributed by atoms with E-state index in [0.717, 1.165) is 0 Å². The number of nitrogens with zero attached hydrogens (tertiary/aromatic N) is 1. The molecule has 4 heteroatoms. The molecule has 0 aliphatic carbocycles. The highest BCUT2D eigenvalue weighted by atomic mass is 16.5. The average molecular weight is 185 g/mol. The quantitative estimate of drug-likeness (QED) is 0.748. The third-order valence-electron chi connectivity index (χ3n) is 1.39. The van der Waals surface area contributed by atoms with Gasteiger partial charge in [0.05, 0.1) is 8.44 Å². The highest BCUT2D eigenvalue weighted by molar-refractivity contribution is 5.79. The van der Waals surface area contributed by atoms with E-state index >= 15 is 0 Å². The van der Waals surface area contributed by atoms with Crippen molar-refractivity contribution in [3.8, 4) is 0 Å². The number of pyridine rings is 1. The Morgan fingerprint density at radius 3 is 3.31 bits per heavy atom. The predicted molar refractivity (Wildman–Crippen MR) is 47.8 cm³/mol. The van der Waals surface area contributed by atoms with E-state index in [9.17, 15) is 4.79 Å². The van der Waals surface area contributed by atoms with Crippen molar-refractivity contribution in [2.45, 2.75) is 13.0 Å². The normalized spacial score (nSPS) is 20.2. The minimum atomic E-state index is -3.03. The molecule has 4 nitrogen and oxygen atoms in total. The summed E-state index contributed by atoms with van der Waals surface area (Å²) in [5.74, 6) is -1.01. The largest absolute Gasteiger partial charge is 0.367 e. The summed E-state index contributed by atoms with van der Waals surface area (Å²) < 4.78 is 40.3. The molecular weight excluding hydrogens is 168 g/mol. The van der Waals surface area contributed by atoms with Crippen molar-refractivity contribution >= 4 is 5.91 Å². The van der Waals surface area contributed by atoms with Gasteiger partial charge in [-0.15, -0.1) is 0 Å². The van der Waals surface area contributed by atoms with Gasteiger partial charge < -0.3 is 10.5 Å². The molecular formula is C9H12N2O2. The second-order valence-electron chi connectivity index (χ2n) is 2.26. The third kappa shape index (κ3) is 2.52. The molecule has 1 atom stereocenters. The second kappa shape index (κ2) is 4.57. The number of primary amides is 1. The van der Waals surface area contributed by atoms with Crippen LogP contribution in [0.25, 0.3) is 0 Å². The van der Waals surface area contributed by atoms with E-state index in [-0.39, 0.29) is 5.69 Å². The SMILES string of the molecule is [2H]C([2H])([2H])C([2H])([2H])OC(C(N)=O)c1ccccn1. The van der Waals surface area contributed by atoms with Crippen LogP contribution >= 0.6 is 0 Å². The predicted octanol–water partition coefficient (Wildman–Crippen LogP) is 0.645. The number of ether oxygens (including phenoxy) is 1. The molecule has 0 aliphatic rings. The zero-order valence-electron chi connectivity index (χ0n) is 11.7. The van der Waals surface area contributed by atoms with Crippen molar-refractivity contribution < 1.29 is 16.4 Å². The van der Waals surface area contributed by atoms with Crippen LogP contribution in [0.15, 0.2) is 24.4 Å². The van der Waals surface area contributed by atoms with Crippen LogP contribution in [0.2, 0.25) is 0 Å². The molecule has 70 valence electrons. The Labute approximate surface area is 83.8 Å². The van der Waals surface area contributed by atoms with Crippen LogP contribution < -0.4 is 5.73 Å². The van der Waals surface area contributed by atoms with Gasteiger partial charge in [0, 0.05) is 16.9 Å². The van der Waals surface area contributed by atoms with Crippen LogP contribution in [-0.2, 0) is 9.53 Å². The molecule has 13 heavy (non-hydrogen) atoms. The summed E-state index contributed by atoms with van der Waals surface area (Å²) in [5, 5.41) is 0. The molecule has 0 aromatic carbocycles. The Morgan fingerprint density at radius 1 is 1.92 bits per heavy atom. The molecule has 0 saturated heterocycles. The van der Waals surface area contributed by atoms with Gasteiger partial charge in [0.25, 0.3) is 5.91 Å². The molecule has 0 spiro atoms. The number of hydrogen-bond acceptors (Lipinski definition) is 3. The van der Waals surface area contributed by atoms with Crippen LogP contribution in [0, 0.1) is 0 Å². The molecule has 1 aromatic rings. The first kappa shape index (κ1) is 4.72. The molecule has 1 heterocycles. The lowest BCUT2D eigenvalue weighted by molar-refractivity contribution is -0.129. The fraction of sp³-hybridized carbons (Fsp3) is 0.333. The van der Waals surface area contributed by atoms with Crippen molar-refractivity contribution in [3.05, 3.63) is 30.1 Å². The topological polar surface area (TPSA) is 65.2 Å². The first-order valence-electron chi connectivity index (χ1n) is 6.03. The highest BCUT2D eigenvalue weighted by Crippen LogP contribution is 2.13. The smallest absolute Gasteiger partial charge is 0.252 e. The molecule has 1 amide bonds. The Kier molecular flexibility index (Phi) is 1.66. The lowest BCUT2D eigenvalue weighted by atomic mass is 10.2. The molecule has 1 aromatic heterocycles. The number of carbonyl (C=O) groups is 1. The number of amides is 1. The van der Waals surface area contributed by atoms with E-state index in [1.807, 2.05) is 0 Å². The van der Waals surface area contributed by atoms with Gasteiger partial charge in [-0.3, -0.25) is 9.78 Å². The van der Waals surface area contributed by atoms with E-state index in [0.29, 0.717) is 0 Å². The van der Waals surface area contributed by atoms with Crippen molar-refractivity contribution in [2.75, 3.05) is 6.56 Å². The lowest BCUT2D eigenvalue weighted by Gasteiger charge is -2.11. The van der Waals surface area contributed by atoms with Gasteiger partial charge in [0.1, 0.15) is 0 Å². The van der Waals surface area contributed by atoms with Gasteiger partial charge in [-0.2, -0.15) is 0 Å². The summed E-state index contributed by atoms with van der Waals surface area (Å²) >= 11 is 0. The van der Waals surface area contributed by atoms with Gasteiger partial charge >= 0.3 is 0 Å². The van der Waals surface area contributed by atoms with Crippen molar-refractivity contribution in [1.82, 2.24) is 4.98 Å². The number of carbonyl (C=O) groups excluding carboxylic acids is 1. The number of rotatable bonds is 4. The summed E-state index contributed by atoms with van der Waals surface area (Å²) in [6.07, 6.45) is -0.193. The molecule has 0 saturated carbocycles. The maximum Gasteiger partial charge on any atom is 0.252 e. The molecule has 0 aliphatic heterocycles. The van der Waals surface area contributed by atoms with Crippen LogP contribution in [0.3, 0.4) is 0 Å². The standard InChI is InChI=1S/C9H12N2O2/c1-2-13-8(9(10)12)7-5-3-4-6-11-7/h3-6,8H,2H2,1H3,(H2,10,12)/i1D3,2D2. The summed E-state index contributed by atoms with van der Waals surface area (Å²) in [7, 11) is 0. The van der Waals surface area contributed by atoms with Crippen molar-refractivity contribution in [2.24, 2.45) is 5.73 Å². The maximum absolute atomic E-state index is 11.2. The summed E-state index contributed by atoms with van der Waals surface area (Å²) in [5.41, 5.74) is 5.12. The summed E-state index contributed by atoms with van der Waals surface area (Å²) in [4.78, 5) is 15.0. The highest BCUT2D eigenvalue weighted by Gasteiger charge is 2.18. The van der Waals surface area contributed by atoms with Gasteiger partial charge in [-0.05, 0) is 19.0 Å². The van der Waals surface area contributed by atoms with Crippen molar-refractivity contribution in [1.29, 1.82) is 0 Å². The second-order valence-corrected chi connectivity index (χ2v) is 2.26. The fourth-order valence-corrected chi connectivity index (χ4v) is 0.854. The minimum absolute atomic E-state index is 0.0538. The average Bonchev–Trinajstić information content (AvgIpc) is 2.25. The molecule has 2 N–H and O–H groups in total. The molecule has 0 bridgehead atoms. The Hall–Kier alpha value is -1.42. The monoisotopic (exact) mass is 185 g/mol. The fourth-order valence-electron chi connectivity index (χ4n) is 0.854.